The van der Waals surface area contributed by atoms with E-state index < -0.39 is 0 Å². The van der Waals surface area contributed by atoms with Crippen molar-refractivity contribution >= 4 is 17.4 Å². The van der Waals surface area contributed by atoms with Crippen LogP contribution in [-0.2, 0) is 0 Å². The van der Waals surface area contributed by atoms with Gasteiger partial charge in [-0.15, -0.1) is 5.10 Å². The summed E-state index contributed by atoms with van der Waals surface area (Å²) in [5.74, 6) is 0.0620. The van der Waals surface area contributed by atoms with Crippen LogP contribution in [-0.4, -0.2) is 28.6 Å². The van der Waals surface area contributed by atoms with Crippen molar-refractivity contribution in [2.75, 3.05) is 13.1 Å². The monoisotopic (exact) mass is 268 g/mol. The minimum absolute atomic E-state index is 0.127. The van der Waals surface area contributed by atoms with E-state index >= 15 is 0 Å². The molecule has 0 saturated carbocycles. The predicted octanol–water partition coefficient (Wildman–Crippen LogP) is 2.48. The summed E-state index contributed by atoms with van der Waals surface area (Å²) in [6.45, 7) is 4.99. The van der Waals surface area contributed by atoms with Crippen molar-refractivity contribution in [1.82, 2.24) is 14.9 Å². The molecule has 1 heterocycles. The van der Waals surface area contributed by atoms with E-state index in [4.69, 9.17) is 5.53 Å². The van der Waals surface area contributed by atoms with Gasteiger partial charge in [-0.1, -0.05) is 23.4 Å². The van der Waals surface area contributed by atoms with E-state index in [1.165, 1.54) is 0 Å². The van der Waals surface area contributed by atoms with Crippen LogP contribution in [0.1, 0.15) is 48.0 Å². The van der Waals surface area contributed by atoms with E-state index in [0.29, 0.717) is 18.0 Å². The number of amides is 1. The molecule has 1 aromatic heterocycles. The summed E-state index contributed by atoms with van der Waals surface area (Å²) < 4.78 is 3.81. The highest BCUT2D eigenvalue weighted by molar-refractivity contribution is 7.08. The third-order valence-corrected chi connectivity index (χ3v) is 3.04. The molecular weight excluding hydrogens is 252 g/mol. The lowest BCUT2D eigenvalue weighted by Crippen LogP contribution is -2.24. The van der Waals surface area contributed by atoms with Crippen molar-refractivity contribution in [3.8, 4) is 0 Å². The molecule has 1 rings (SSSR count). The third-order valence-electron chi connectivity index (χ3n) is 2.30. The number of hydrogen-bond acceptors (Lipinski definition) is 5. The van der Waals surface area contributed by atoms with Gasteiger partial charge in [0, 0.05) is 18.0 Å². The number of carbonyl (C=O) groups excluding carboxylic acids is 1. The van der Waals surface area contributed by atoms with Gasteiger partial charge in [0.1, 0.15) is 4.88 Å². The first-order chi connectivity index (χ1) is 8.66. The minimum atomic E-state index is -0.127. The molecule has 0 saturated heterocycles. The highest BCUT2D eigenvalue weighted by Crippen LogP contribution is 2.19. The summed E-state index contributed by atoms with van der Waals surface area (Å²) in [6.07, 6.45) is 1.55. The number of nitrogens with one attached hydrogen (secondary N) is 1. The Balaban J connectivity index is 2.36. The zero-order valence-electron chi connectivity index (χ0n) is 10.5. The zero-order valence-corrected chi connectivity index (χ0v) is 11.3. The average Bonchev–Trinajstić information content (AvgIpc) is 2.82. The summed E-state index contributed by atoms with van der Waals surface area (Å²) in [7, 11) is 0. The molecule has 1 N–H and O–H groups in total. The van der Waals surface area contributed by atoms with Crippen molar-refractivity contribution in [2.45, 2.75) is 32.6 Å². The minimum Gasteiger partial charge on any atom is -0.351 e. The summed E-state index contributed by atoms with van der Waals surface area (Å²) in [5, 5.41) is 10.2. The lowest BCUT2D eigenvalue weighted by Gasteiger charge is -2.05. The number of nitrogens with zero attached hydrogens (tertiary/aromatic N) is 5. The van der Waals surface area contributed by atoms with E-state index in [-0.39, 0.29) is 11.8 Å². The van der Waals surface area contributed by atoms with Crippen LogP contribution in [0.3, 0.4) is 0 Å². The Morgan fingerprint density at radius 1 is 1.56 bits per heavy atom. The van der Waals surface area contributed by atoms with Crippen LogP contribution in [0.4, 0.5) is 0 Å². The van der Waals surface area contributed by atoms with Gasteiger partial charge in [0.15, 0.2) is 0 Å². The molecule has 1 aromatic rings. The van der Waals surface area contributed by atoms with Crippen molar-refractivity contribution < 1.29 is 4.79 Å². The molecule has 0 spiro atoms. The first-order valence-electron chi connectivity index (χ1n) is 5.78. The molecule has 0 unspecified atom stereocenters. The molecule has 98 valence electrons. The average molecular weight is 268 g/mol. The summed E-state index contributed by atoms with van der Waals surface area (Å²) in [4.78, 5) is 15.1. The first-order valence-corrected chi connectivity index (χ1v) is 6.55. The molecule has 0 fully saturated rings. The Kier molecular flexibility index (Phi) is 6.10. The summed E-state index contributed by atoms with van der Waals surface area (Å²) >= 11 is 1.12. The number of unbranched alkanes of at least 4 members (excludes halogenated alkanes) is 1. The van der Waals surface area contributed by atoms with Crippen LogP contribution in [0.15, 0.2) is 5.11 Å². The van der Waals surface area contributed by atoms with Crippen LogP contribution in [0.5, 0.6) is 0 Å². The maximum absolute atomic E-state index is 11.9. The van der Waals surface area contributed by atoms with Gasteiger partial charge in [-0.05, 0) is 35.8 Å². The molecule has 8 heteroatoms. The SMILES string of the molecule is CC(C)c1nnsc1C(=O)NCCCCN=[N+]=[N-]. The smallest absolute Gasteiger partial charge is 0.264 e. The number of carbonyl (C=O) groups is 1. The fourth-order valence-corrected chi connectivity index (χ4v) is 2.10. The van der Waals surface area contributed by atoms with E-state index in [2.05, 4.69) is 24.9 Å². The van der Waals surface area contributed by atoms with Gasteiger partial charge in [-0.2, -0.15) is 0 Å². The molecule has 18 heavy (non-hydrogen) atoms. The molecule has 0 radical (unpaired) electrons. The van der Waals surface area contributed by atoms with Gasteiger partial charge in [0.05, 0.1) is 5.69 Å². The maximum atomic E-state index is 11.9. The van der Waals surface area contributed by atoms with Gasteiger partial charge in [0.25, 0.3) is 5.91 Å². The molecule has 0 bridgehead atoms. The van der Waals surface area contributed by atoms with Gasteiger partial charge in [-0.3, -0.25) is 4.79 Å². The third kappa shape index (κ3) is 4.31. The topological polar surface area (TPSA) is 104 Å². The number of rotatable bonds is 7. The summed E-state index contributed by atoms with van der Waals surface area (Å²) in [5.41, 5.74) is 8.84. The fraction of sp³-hybridized carbons (Fsp3) is 0.700. The van der Waals surface area contributed by atoms with Crippen LogP contribution < -0.4 is 5.32 Å². The summed E-state index contributed by atoms with van der Waals surface area (Å²) in [6, 6.07) is 0. The van der Waals surface area contributed by atoms with E-state index in [9.17, 15) is 4.79 Å². The standard InChI is InChI=1S/C10H16N6OS/c1-7(2)8-9(18-16-14-8)10(17)12-5-3-4-6-13-15-11/h7H,3-6H2,1-2H3,(H,12,17). The van der Waals surface area contributed by atoms with Crippen LogP contribution in [0.2, 0.25) is 0 Å². The Labute approximate surface area is 109 Å². The lowest BCUT2D eigenvalue weighted by molar-refractivity contribution is 0.0955. The van der Waals surface area contributed by atoms with Gasteiger partial charge in [-0.25, -0.2) is 0 Å². The van der Waals surface area contributed by atoms with E-state index in [1.807, 2.05) is 13.8 Å². The number of aromatic nitrogens is 2. The molecule has 0 aromatic carbocycles. The predicted molar refractivity (Wildman–Crippen MR) is 69.6 cm³/mol. The molecule has 0 aliphatic rings. The molecule has 0 atom stereocenters. The van der Waals surface area contributed by atoms with Gasteiger partial charge in [0.2, 0.25) is 0 Å². The molecule has 1 amide bonds. The zero-order chi connectivity index (χ0) is 13.4. The second kappa shape index (κ2) is 7.62. The van der Waals surface area contributed by atoms with Gasteiger partial charge < -0.3 is 5.32 Å². The van der Waals surface area contributed by atoms with E-state index in [1.54, 1.807) is 0 Å². The van der Waals surface area contributed by atoms with Crippen molar-refractivity contribution in [2.24, 2.45) is 5.11 Å². The molecule has 0 aliphatic heterocycles. The van der Waals surface area contributed by atoms with Crippen LogP contribution >= 0.6 is 11.5 Å². The van der Waals surface area contributed by atoms with Crippen molar-refractivity contribution in [3.63, 3.8) is 0 Å². The second-order valence-electron chi connectivity index (χ2n) is 4.06. The normalized spacial score (nSPS) is 10.2. The van der Waals surface area contributed by atoms with E-state index in [0.717, 1.165) is 30.1 Å². The second-order valence-corrected chi connectivity index (χ2v) is 4.81. The van der Waals surface area contributed by atoms with Crippen LogP contribution in [0.25, 0.3) is 10.4 Å². The van der Waals surface area contributed by atoms with Crippen LogP contribution in [0, 0.1) is 0 Å². The number of hydrogen-bond donors (Lipinski definition) is 1. The maximum Gasteiger partial charge on any atom is 0.264 e. The Morgan fingerprint density at radius 2 is 2.33 bits per heavy atom. The number of azide groups is 1. The Morgan fingerprint density at radius 3 is 3.00 bits per heavy atom. The lowest BCUT2D eigenvalue weighted by atomic mass is 10.1. The highest BCUT2D eigenvalue weighted by Gasteiger charge is 2.17. The first kappa shape index (κ1) is 14.4. The fourth-order valence-electron chi connectivity index (χ4n) is 1.37. The molecule has 0 aliphatic carbocycles. The largest absolute Gasteiger partial charge is 0.351 e. The van der Waals surface area contributed by atoms with Gasteiger partial charge >= 0.3 is 0 Å². The Bertz CT molecular complexity index is 437. The Hall–Kier alpha value is -1.66. The van der Waals surface area contributed by atoms with Crippen molar-refractivity contribution in [3.05, 3.63) is 21.0 Å². The highest BCUT2D eigenvalue weighted by atomic mass is 32.1. The molecular formula is C10H16N6OS. The van der Waals surface area contributed by atoms with Crippen molar-refractivity contribution in [1.29, 1.82) is 0 Å². The quantitative estimate of drug-likeness (QED) is 0.355. The molecule has 7 nitrogen and oxygen atoms in total.